The van der Waals surface area contributed by atoms with Crippen molar-refractivity contribution in [1.29, 1.82) is 0 Å². The Labute approximate surface area is 111 Å². The van der Waals surface area contributed by atoms with Crippen molar-refractivity contribution < 1.29 is 14.6 Å². The van der Waals surface area contributed by atoms with E-state index in [-0.39, 0.29) is 12.6 Å². The molecule has 1 unspecified atom stereocenters. The van der Waals surface area contributed by atoms with E-state index in [2.05, 4.69) is 10.3 Å². The number of rotatable bonds is 4. The van der Waals surface area contributed by atoms with Crippen molar-refractivity contribution in [1.82, 2.24) is 10.3 Å². The molecule has 18 heavy (non-hydrogen) atoms. The fraction of sp³-hybridized carbons (Fsp3) is 0.667. The fourth-order valence-electron chi connectivity index (χ4n) is 1.39. The van der Waals surface area contributed by atoms with Crippen molar-refractivity contribution in [3.63, 3.8) is 0 Å². The third-order valence-corrected chi connectivity index (χ3v) is 2.90. The van der Waals surface area contributed by atoms with E-state index in [1.165, 1.54) is 11.3 Å². The minimum atomic E-state index is -0.492. The molecule has 2 N–H and O–H groups in total. The number of alkyl carbamates (subject to hydrolysis) is 1. The number of nitrogens with zero attached hydrogens (tertiary/aromatic N) is 1. The van der Waals surface area contributed by atoms with Crippen molar-refractivity contribution in [2.24, 2.45) is 0 Å². The fourth-order valence-corrected chi connectivity index (χ4v) is 2.05. The first kappa shape index (κ1) is 14.9. The van der Waals surface area contributed by atoms with Gasteiger partial charge in [0, 0.05) is 17.8 Å². The van der Waals surface area contributed by atoms with E-state index in [1.807, 2.05) is 33.1 Å². The molecule has 0 radical (unpaired) electrons. The molecule has 0 aliphatic heterocycles. The zero-order chi connectivity index (χ0) is 13.8. The number of hydrogen-bond donors (Lipinski definition) is 2. The molecule has 6 heteroatoms. The number of aromatic nitrogens is 1. The summed E-state index contributed by atoms with van der Waals surface area (Å²) in [6.45, 7) is 7.32. The van der Waals surface area contributed by atoms with E-state index < -0.39 is 11.7 Å². The largest absolute Gasteiger partial charge is 0.444 e. The van der Waals surface area contributed by atoms with Crippen LogP contribution in [0.25, 0.3) is 0 Å². The molecule has 0 aliphatic rings. The first-order valence-electron chi connectivity index (χ1n) is 5.84. The van der Waals surface area contributed by atoms with Gasteiger partial charge in [-0.3, -0.25) is 0 Å². The minimum absolute atomic E-state index is 0.0431. The molecule has 1 atom stereocenters. The first-order chi connectivity index (χ1) is 8.30. The van der Waals surface area contributed by atoms with Crippen LogP contribution in [-0.2, 0) is 17.8 Å². The van der Waals surface area contributed by atoms with Crippen LogP contribution in [0.3, 0.4) is 0 Å². The van der Waals surface area contributed by atoms with E-state index in [9.17, 15) is 4.79 Å². The summed E-state index contributed by atoms with van der Waals surface area (Å²) >= 11 is 1.42. The van der Waals surface area contributed by atoms with Crippen LogP contribution in [0.4, 0.5) is 4.79 Å². The van der Waals surface area contributed by atoms with Crippen molar-refractivity contribution >= 4 is 17.4 Å². The molecule has 0 aliphatic carbocycles. The van der Waals surface area contributed by atoms with Crippen LogP contribution < -0.4 is 5.32 Å². The summed E-state index contributed by atoms with van der Waals surface area (Å²) in [4.78, 5) is 15.8. The van der Waals surface area contributed by atoms with Gasteiger partial charge in [-0.05, 0) is 27.7 Å². The summed E-state index contributed by atoms with van der Waals surface area (Å²) in [6, 6.07) is -0.0616. The number of nitrogens with one attached hydrogen (secondary N) is 1. The van der Waals surface area contributed by atoms with Gasteiger partial charge < -0.3 is 15.2 Å². The van der Waals surface area contributed by atoms with Crippen LogP contribution >= 0.6 is 11.3 Å². The molecule has 0 spiro atoms. The molecular weight excluding hydrogens is 252 g/mol. The summed E-state index contributed by atoms with van der Waals surface area (Å²) in [5.41, 5.74) is 0.377. The lowest BCUT2D eigenvalue weighted by Gasteiger charge is -2.21. The summed E-state index contributed by atoms with van der Waals surface area (Å²) in [7, 11) is 0. The highest BCUT2D eigenvalue weighted by Gasteiger charge is 2.18. The quantitative estimate of drug-likeness (QED) is 0.880. The van der Waals surface area contributed by atoms with Crippen LogP contribution in [0.2, 0.25) is 0 Å². The Kier molecular flexibility index (Phi) is 5.10. The van der Waals surface area contributed by atoms with Crippen molar-refractivity contribution in [2.75, 3.05) is 0 Å². The molecule has 1 aromatic rings. The molecule has 1 heterocycles. The average molecular weight is 272 g/mol. The normalized spacial score (nSPS) is 13.2. The van der Waals surface area contributed by atoms with Gasteiger partial charge in [0.05, 0.1) is 12.3 Å². The Morgan fingerprint density at radius 1 is 1.61 bits per heavy atom. The SMILES string of the molecule is CC(Cc1csc(CO)n1)NC(=O)OC(C)(C)C. The summed E-state index contributed by atoms with van der Waals surface area (Å²) in [5, 5.41) is 14.2. The maximum atomic E-state index is 11.5. The molecule has 102 valence electrons. The van der Waals surface area contributed by atoms with Crippen LogP contribution in [0.5, 0.6) is 0 Å². The van der Waals surface area contributed by atoms with Crippen molar-refractivity contribution in [2.45, 2.75) is 52.4 Å². The number of aliphatic hydroxyl groups excluding tert-OH is 1. The number of carbonyl (C=O) groups is 1. The minimum Gasteiger partial charge on any atom is -0.444 e. The van der Waals surface area contributed by atoms with Gasteiger partial charge in [-0.1, -0.05) is 0 Å². The lowest BCUT2D eigenvalue weighted by molar-refractivity contribution is 0.0508. The highest BCUT2D eigenvalue weighted by atomic mass is 32.1. The second kappa shape index (κ2) is 6.15. The molecule has 5 nitrogen and oxygen atoms in total. The Bertz CT molecular complexity index is 398. The summed E-state index contributed by atoms with van der Waals surface area (Å²) in [6.07, 6.45) is 0.197. The van der Waals surface area contributed by atoms with Gasteiger partial charge >= 0.3 is 6.09 Å². The first-order valence-corrected chi connectivity index (χ1v) is 6.72. The standard InChI is InChI=1S/C12H20N2O3S/c1-8(13-11(16)17-12(2,3)4)5-9-7-18-10(6-15)14-9/h7-8,15H,5-6H2,1-4H3,(H,13,16). The molecule has 0 saturated carbocycles. The van der Waals surface area contributed by atoms with Crippen LogP contribution in [-0.4, -0.2) is 27.8 Å². The predicted octanol–water partition coefficient (Wildman–Crippen LogP) is 2.09. The number of hydrogen-bond acceptors (Lipinski definition) is 5. The third-order valence-electron chi connectivity index (χ3n) is 2.01. The number of ether oxygens (including phenoxy) is 1. The number of carbonyl (C=O) groups excluding carboxylic acids is 1. The van der Waals surface area contributed by atoms with Crippen molar-refractivity contribution in [3.8, 4) is 0 Å². The Morgan fingerprint density at radius 3 is 2.78 bits per heavy atom. The van der Waals surface area contributed by atoms with Crippen LogP contribution in [0.1, 0.15) is 38.4 Å². The predicted molar refractivity (Wildman–Crippen MR) is 70.6 cm³/mol. The van der Waals surface area contributed by atoms with E-state index in [0.717, 1.165) is 5.69 Å². The van der Waals surface area contributed by atoms with Gasteiger partial charge in [0.1, 0.15) is 10.6 Å². The summed E-state index contributed by atoms with van der Waals surface area (Å²) in [5.74, 6) is 0. The van der Waals surface area contributed by atoms with Crippen molar-refractivity contribution in [3.05, 3.63) is 16.1 Å². The highest BCUT2D eigenvalue weighted by Crippen LogP contribution is 2.12. The second-order valence-electron chi connectivity index (χ2n) is 5.14. The van der Waals surface area contributed by atoms with E-state index >= 15 is 0 Å². The molecule has 0 fully saturated rings. The van der Waals surface area contributed by atoms with E-state index in [4.69, 9.17) is 9.84 Å². The average Bonchev–Trinajstić information content (AvgIpc) is 2.61. The Hall–Kier alpha value is -1.14. The molecular formula is C12H20N2O3S. The zero-order valence-electron chi connectivity index (χ0n) is 11.2. The third kappa shape index (κ3) is 5.46. The molecule has 0 bridgehead atoms. The highest BCUT2D eigenvalue weighted by molar-refractivity contribution is 7.09. The van der Waals surface area contributed by atoms with Gasteiger partial charge in [0.2, 0.25) is 0 Å². The molecule has 1 amide bonds. The van der Waals surface area contributed by atoms with Crippen LogP contribution in [0.15, 0.2) is 5.38 Å². The monoisotopic (exact) mass is 272 g/mol. The second-order valence-corrected chi connectivity index (χ2v) is 6.08. The zero-order valence-corrected chi connectivity index (χ0v) is 12.0. The van der Waals surface area contributed by atoms with Gasteiger partial charge in [-0.25, -0.2) is 9.78 Å². The lowest BCUT2D eigenvalue weighted by atomic mass is 10.2. The lowest BCUT2D eigenvalue weighted by Crippen LogP contribution is -2.38. The molecule has 0 saturated heterocycles. The molecule has 1 rings (SSSR count). The molecule has 1 aromatic heterocycles. The topological polar surface area (TPSA) is 71.5 Å². The van der Waals surface area contributed by atoms with Crippen LogP contribution in [0, 0.1) is 0 Å². The van der Waals surface area contributed by atoms with Gasteiger partial charge in [0.25, 0.3) is 0 Å². The Morgan fingerprint density at radius 2 is 2.28 bits per heavy atom. The van der Waals surface area contributed by atoms with Gasteiger partial charge in [0.15, 0.2) is 0 Å². The molecule has 0 aromatic carbocycles. The summed E-state index contributed by atoms with van der Waals surface area (Å²) < 4.78 is 5.16. The van der Waals surface area contributed by atoms with E-state index in [1.54, 1.807) is 0 Å². The number of thiazole rings is 1. The van der Waals surface area contributed by atoms with Gasteiger partial charge in [-0.2, -0.15) is 0 Å². The smallest absolute Gasteiger partial charge is 0.407 e. The Balaban J connectivity index is 2.41. The number of aliphatic hydroxyl groups is 1. The van der Waals surface area contributed by atoms with Gasteiger partial charge in [-0.15, -0.1) is 11.3 Å². The maximum Gasteiger partial charge on any atom is 0.407 e. The number of amides is 1. The maximum absolute atomic E-state index is 11.5. The van der Waals surface area contributed by atoms with E-state index in [0.29, 0.717) is 11.4 Å².